The lowest BCUT2D eigenvalue weighted by Gasteiger charge is -2.25. The minimum absolute atomic E-state index is 0.828. The third-order valence-corrected chi connectivity index (χ3v) is 2.60. The number of aromatic nitrogens is 2. The summed E-state index contributed by atoms with van der Waals surface area (Å²) in [7, 11) is 0. The molecule has 0 unspecified atom stereocenters. The molecule has 1 N–H and O–H groups in total. The maximum absolute atomic E-state index is 4.13. The van der Waals surface area contributed by atoms with Crippen LogP contribution in [-0.2, 0) is 0 Å². The molecule has 1 aromatic rings. The Balaban J connectivity index is 1.83. The monoisotopic (exact) mass is 177 g/mol. The van der Waals surface area contributed by atoms with Crippen LogP contribution < -0.4 is 5.32 Å². The Labute approximate surface area is 78.6 Å². The molecule has 0 amide bonds. The number of hydrogen-bond donors (Lipinski definition) is 1. The number of anilines is 1. The molecule has 3 heteroatoms. The molecule has 0 spiro atoms. The number of aryl methyl sites for hydroxylation is 1. The van der Waals surface area contributed by atoms with Gasteiger partial charge in [0.25, 0.3) is 0 Å². The predicted molar refractivity (Wildman–Crippen MR) is 52.6 cm³/mol. The molecule has 0 radical (unpaired) electrons. The van der Waals surface area contributed by atoms with E-state index in [-0.39, 0.29) is 0 Å². The van der Waals surface area contributed by atoms with Gasteiger partial charge in [0, 0.05) is 6.54 Å². The summed E-state index contributed by atoms with van der Waals surface area (Å²) in [5.41, 5.74) is 1.04. The topological polar surface area (TPSA) is 37.8 Å². The van der Waals surface area contributed by atoms with Crippen LogP contribution in [0.1, 0.15) is 25.1 Å². The normalized spacial score (nSPS) is 16.7. The number of nitrogens with zero attached hydrogens (tertiary/aromatic N) is 2. The molecule has 2 rings (SSSR count). The maximum Gasteiger partial charge on any atom is 0.125 e. The molecule has 0 atom stereocenters. The van der Waals surface area contributed by atoms with Gasteiger partial charge in [-0.2, -0.15) is 0 Å². The first-order valence-corrected chi connectivity index (χ1v) is 4.87. The van der Waals surface area contributed by atoms with Gasteiger partial charge in [0.1, 0.15) is 5.82 Å². The Kier molecular flexibility index (Phi) is 2.43. The minimum atomic E-state index is 0.828. The Morgan fingerprint density at radius 2 is 2.08 bits per heavy atom. The van der Waals surface area contributed by atoms with E-state index in [0.29, 0.717) is 0 Å². The van der Waals surface area contributed by atoms with Crippen molar-refractivity contribution in [3.63, 3.8) is 0 Å². The van der Waals surface area contributed by atoms with Crippen molar-refractivity contribution in [1.29, 1.82) is 0 Å². The summed E-state index contributed by atoms with van der Waals surface area (Å²) in [6, 6.07) is 0. The van der Waals surface area contributed by atoms with Gasteiger partial charge < -0.3 is 5.32 Å². The average Bonchev–Trinajstić information content (AvgIpc) is 2.05. The molecular weight excluding hydrogens is 162 g/mol. The van der Waals surface area contributed by atoms with Gasteiger partial charge in [-0.3, -0.25) is 0 Å². The predicted octanol–water partition coefficient (Wildman–Crippen LogP) is 2.00. The average molecular weight is 177 g/mol. The number of nitrogens with one attached hydrogen (secondary N) is 1. The van der Waals surface area contributed by atoms with E-state index in [9.17, 15) is 0 Å². The minimum Gasteiger partial charge on any atom is -0.382 e. The highest BCUT2D eigenvalue weighted by Gasteiger charge is 2.16. The van der Waals surface area contributed by atoms with Crippen molar-refractivity contribution >= 4 is 5.69 Å². The van der Waals surface area contributed by atoms with Crippen LogP contribution >= 0.6 is 0 Å². The SMILES string of the molecule is Cc1ncc(NCC2CCC2)cn1. The standard InChI is InChI=1S/C10H15N3/c1-8-11-6-10(7-12-8)13-5-9-3-2-4-9/h6-7,9,13H,2-5H2,1H3. The quantitative estimate of drug-likeness (QED) is 0.767. The van der Waals surface area contributed by atoms with E-state index in [2.05, 4.69) is 15.3 Å². The molecule has 0 aromatic carbocycles. The molecule has 1 saturated carbocycles. The fourth-order valence-corrected chi connectivity index (χ4v) is 1.44. The lowest BCUT2D eigenvalue weighted by Crippen LogP contribution is -2.20. The van der Waals surface area contributed by atoms with Gasteiger partial charge in [-0.1, -0.05) is 6.42 Å². The second-order valence-electron chi connectivity index (χ2n) is 3.70. The number of rotatable bonds is 3. The largest absolute Gasteiger partial charge is 0.382 e. The van der Waals surface area contributed by atoms with Gasteiger partial charge in [-0.05, 0) is 25.7 Å². The third kappa shape index (κ3) is 2.17. The summed E-state index contributed by atoms with van der Waals surface area (Å²) in [5, 5.41) is 3.35. The summed E-state index contributed by atoms with van der Waals surface area (Å²) < 4.78 is 0. The highest BCUT2D eigenvalue weighted by Crippen LogP contribution is 2.26. The van der Waals surface area contributed by atoms with Gasteiger partial charge in [0.15, 0.2) is 0 Å². The van der Waals surface area contributed by atoms with Crippen molar-refractivity contribution in [2.24, 2.45) is 5.92 Å². The first kappa shape index (κ1) is 8.48. The second-order valence-corrected chi connectivity index (χ2v) is 3.70. The van der Waals surface area contributed by atoms with Gasteiger partial charge in [-0.15, -0.1) is 0 Å². The van der Waals surface area contributed by atoms with Crippen LogP contribution in [0, 0.1) is 12.8 Å². The Hall–Kier alpha value is -1.12. The first-order chi connectivity index (χ1) is 6.34. The van der Waals surface area contributed by atoms with Crippen molar-refractivity contribution in [3.8, 4) is 0 Å². The van der Waals surface area contributed by atoms with E-state index in [1.165, 1.54) is 19.3 Å². The van der Waals surface area contributed by atoms with Crippen LogP contribution in [0.4, 0.5) is 5.69 Å². The van der Waals surface area contributed by atoms with Gasteiger partial charge in [0.05, 0.1) is 18.1 Å². The molecule has 0 bridgehead atoms. The third-order valence-electron chi connectivity index (χ3n) is 2.60. The van der Waals surface area contributed by atoms with E-state index in [4.69, 9.17) is 0 Å². The van der Waals surface area contributed by atoms with Crippen molar-refractivity contribution in [2.75, 3.05) is 11.9 Å². The Bertz CT molecular complexity index is 264. The molecule has 3 nitrogen and oxygen atoms in total. The second kappa shape index (κ2) is 3.73. The summed E-state index contributed by atoms with van der Waals surface area (Å²) in [4.78, 5) is 8.25. The van der Waals surface area contributed by atoms with E-state index in [1.807, 2.05) is 19.3 Å². The summed E-state index contributed by atoms with van der Waals surface area (Å²) in [6.45, 7) is 2.97. The molecule has 13 heavy (non-hydrogen) atoms. The van der Waals surface area contributed by atoms with Gasteiger partial charge in [-0.25, -0.2) is 9.97 Å². The molecule has 1 aromatic heterocycles. The molecule has 0 saturated heterocycles. The van der Waals surface area contributed by atoms with Crippen LogP contribution in [0.25, 0.3) is 0 Å². The summed E-state index contributed by atoms with van der Waals surface area (Å²) in [5.74, 6) is 1.70. The molecule has 70 valence electrons. The smallest absolute Gasteiger partial charge is 0.125 e. The maximum atomic E-state index is 4.13. The first-order valence-electron chi connectivity index (χ1n) is 4.87. The molecule has 1 fully saturated rings. The van der Waals surface area contributed by atoms with Crippen LogP contribution in [0.15, 0.2) is 12.4 Å². The van der Waals surface area contributed by atoms with E-state index < -0.39 is 0 Å². The Morgan fingerprint density at radius 1 is 1.38 bits per heavy atom. The van der Waals surface area contributed by atoms with Gasteiger partial charge >= 0.3 is 0 Å². The van der Waals surface area contributed by atoms with E-state index in [1.54, 1.807) is 0 Å². The molecule has 1 aliphatic rings. The van der Waals surface area contributed by atoms with Gasteiger partial charge in [0.2, 0.25) is 0 Å². The van der Waals surface area contributed by atoms with Crippen molar-refractivity contribution in [3.05, 3.63) is 18.2 Å². The summed E-state index contributed by atoms with van der Waals surface area (Å²) >= 11 is 0. The van der Waals surface area contributed by atoms with Crippen molar-refractivity contribution in [2.45, 2.75) is 26.2 Å². The van der Waals surface area contributed by atoms with Crippen LogP contribution in [0.5, 0.6) is 0 Å². The van der Waals surface area contributed by atoms with E-state index >= 15 is 0 Å². The zero-order chi connectivity index (χ0) is 9.10. The Morgan fingerprint density at radius 3 is 2.62 bits per heavy atom. The van der Waals surface area contributed by atoms with E-state index in [0.717, 1.165) is 24.0 Å². The summed E-state index contributed by atoms with van der Waals surface area (Å²) in [6.07, 6.45) is 7.85. The molecule has 1 heterocycles. The highest BCUT2D eigenvalue weighted by atomic mass is 14.9. The van der Waals surface area contributed by atoms with Crippen molar-refractivity contribution < 1.29 is 0 Å². The molecular formula is C10H15N3. The molecule has 0 aliphatic heterocycles. The zero-order valence-corrected chi connectivity index (χ0v) is 7.95. The molecule has 1 aliphatic carbocycles. The fraction of sp³-hybridized carbons (Fsp3) is 0.600. The number of hydrogen-bond acceptors (Lipinski definition) is 3. The van der Waals surface area contributed by atoms with Crippen LogP contribution in [0.3, 0.4) is 0 Å². The lowest BCUT2D eigenvalue weighted by atomic mass is 9.85. The van der Waals surface area contributed by atoms with Crippen LogP contribution in [0.2, 0.25) is 0 Å². The highest BCUT2D eigenvalue weighted by molar-refractivity contribution is 5.37. The zero-order valence-electron chi connectivity index (χ0n) is 7.95. The lowest BCUT2D eigenvalue weighted by molar-refractivity contribution is 0.333. The van der Waals surface area contributed by atoms with Crippen molar-refractivity contribution in [1.82, 2.24) is 9.97 Å². The fourth-order valence-electron chi connectivity index (χ4n) is 1.44. The van der Waals surface area contributed by atoms with Crippen LogP contribution in [-0.4, -0.2) is 16.5 Å².